The number of aryl methyl sites for hydroxylation is 1. The van der Waals surface area contributed by atoms with Gasteiger partial charge in [0.15, 0.2) is 0 Å². The van der Waals surface area contributed by atoms with E-state index < -0.39 is 0 Å². The fraction of sp³-hybridized carbons (Fsp3) is 0.467. The molecule has 0 aromatic heterocycles. The Hall–Kier alpha value is -1.36. The predicted molar refractivity (Wildman–Crippen MR) is 81.3 cm³/mol. The van der Waals surface area contributed by atoms with E-state index in [9.17, 15) is 9.59 Å². The summed E-state index contributed by atoms with van der Waals surface area (Å²) in [6.07, 6.45) is 2.12. The van der Waals surface area contributed by atoms with Gasteiger partial charge in [0.1, 0.15) is 0 Å². The number of nitrogens with zero attached hydrogens (tertiary/aromatic N) is 1. The van der Waals surface area contributed by atoms with Gasteiger partial charge in [0.2, 0.25) is 5.91 Å². The number of halogens is 1. The van der Waals surface area contributed by atoms with Crippen molar-refractivity contribution in [2.45, 2.75) is 26.2 Å². The number of amides is 2. The molecule has 0 atom stereocenters. The Balaban J connectivity index is 2.01. The van der Waals surface area contributed by atoms with Crippen LogP contribution in [-0.4, -0.2) is 29.8 Å². The second-order valence-electron chi connectivity index (χ2n) is 5.39. The highest BCUT2D eigenvalue weighted by molar-refractivity contribution is 9.10. The summed E-state index contributed by atoms with van der Waals surface area (Å²) in [6.45, 7) is 3.36. The van der Waals surface area contributed by atoms with Crippen LogP contribution in [0.2, 0.25) is 0 Å². The van der Waals surface area contributed by atoms with E-state index in [-0.39, 0.29) is 11.8 Å². The first-order valence-electron chi connectivity index (χ1n) is 6.81. The van der Waals surface area contributed by atoms with Gasteiger partial charge in [-0.1, -0.05) is 11.6 Å². The molecule has 0 radical (unpaired) electrons. The van der Waals surface area contributed by atoms with Crippen molar-refractivity contribution in [3.63, 3.8) is 0 Å². The number of benzene rings is 1. The van der Waals surface area contributed by atoms with Gasteiger partial charge in [-0.05, 0) is 53.7 Å². The Kier molecular flexibility index (Phi) is 4.81. The molecule has 0 bridgehead atoms. The van der Waals surface area contributed by atoms with Crippen molar-refractivity contribution in [2.75, 3.05) is 13.1 Å². The van der Waals surface area contributed by atoms with Crippen molar-refractivity contribution in [3.8, 4) is 0 Å². The molecular weight excluding hydrogens is 320 g/mol. The minimum absolute atomic E-state index is 0.0538. The molecule has 108 valence electrons. The van der Waals surface area contributed by atoms with Crippen LogP contribution in [0.5, 0.6) is 0 Å². The number of nitrogens with two attached hydrogens (primary N) is 1. The molecule has 0 unspecified atom stereocenters. The fourth-order valence-corrected chi connectivity index (χ4v) is 3.01. The summed E-state index contributed by atoms with van der Waals surface area (Å²) in [7, 11) is 0. The molecule has 2 N–H and O–H groups in total. The average molecular weight is 339 g/mol. The van der Waals surface area contributed by atoms with E-state index in [1.54, 1.807) is 0 Å². The summed E-state index contributed by atoms with van der Waals surface area (Å²) >= 11 is 3.43. The van der Waals surface area contributed by atoms with Gasteiger partial charge in [0, 0.05) is 24.0 Å². The summed E-state index contributed by atoms with van der Waals surface area (Å²) in [5, 5.41) is 0. The molecule has 2 amide bonds. The molecule has 1 aliphatic heterocycles. The predicted octanol–water partition coefficient (Wildman–Crippen LogP) is 2.49. The molecular formula is C15H19BrN2O2. The molecule has 0 spiro atoms. The number of rotatable bonds is 3. The largest absolute Gasteiger partial charge is 0.370 e. The zero-order valence-corrected chi connectivity index (χ0v) is 13.1. The molecule has 4 nitrogen and oxygen atoms in total. The highest BCUT2D eigenvalue weighted by Gasteiger charge is 2.25. The fourth-order valence-electron chi connectivity index (χ4n) is 2.60. The molecule has 1 heterocycles. The summed E-state index contributed by atoms with van der Waals surface area (Å²) in [5.74, 6) is 0.117. The third-order valence-corrected chi connectivity index (χ3v) is 4.44. The third kappa shape index (κ3) is 3.60. The first kappa shape index (κ1) is 15.0. The van der Waals surface area contributed by atoms with E-state index in [4.69, 9.17) is 5.73 Å². The Morgan fingerprint density at radius 3 is 2.60 bits per heavy atom. The van der Waals surface area contributed by atoms with Crippen LogP contribution in [0.1, 0.15) is 35.2 Å². The highest BCUT2D eigenvalue weighted by Crippen LogP contribution is 2.24. The molecule has 0 saturated carbocycles. The van der Waals surface area contributed by atoms with Crippen LogP contribution in [0.25, 0.3) is 0 Å². The van der Waals surface area contributed by atoms with E-state index in [0.717, 1.165) is 22.9 Å². The highest BCUT2D eigenvalue weighted by atomic mass is 79.9. The second kappa shape index (κ2) is 6.39. The van der Waals surface area contributed by atoms with Crippen molar-refractivity contribution >= 4 is 27.7 Å². The van der Waals surface area contributed by atoms with Crippen LogP contribution in [-0.2, 0) is 4.79 Å². The van der Waals surface area contributed by atoms with Gasteiger partial charge >= 0.3 is 0 Å². The van der Waals surface area contributed by atoms with Crippen LogP contribution in [0, 0.1) is 12.8 Å². The smallest absolute Gasteiger partial charge is 0.255 e. The van der Waals surface area contributed by atoms with Crippen molar-refractivity contribution in [2.24, 2.45) is 11.7 Å². The standard InChI is InChI=1S/C15H19BrN2O2/c1-10-2-3-13(16)12(8-10)15(20)18-6-4-11(5-7-18)9-14(17)19/h2-3,8,11H,4-7,9H2,1H3,(H2,17,19). The molecule has 2 rings (SSSR count). The molecule has 5 heteroatoms. The maximum atomic E-state index is 12.5. The number of carbonyl (C=O) groups is 2. The molecule has 0 aliphatic carbocycles. The Morgan fingerprint density at radius 2 is 2.00 bits per heavy atom. The van der Waals surface area contributed by atoms with Gasteiger partial charge in [-0.3, -0.25) is 9.59 Å². The van der Waals surface area contributed by atoms with Crippen molar-refractivity contribution in [1.29, 1.82) is 0 Å². The summed E-state index contributed by atoms with van der Waals surface area (Å²) in [6, 6.07) is 5.78. The number of piperidine rings is 1. The van der Waals surface area contributed by atoms with Crippen LogP contribution < -0.4 is 5.73 Å². The number of carbonyl (C=O) groups excluding carboxylic acids is 2. The summed E-state index contributed by atoms with van der Waals surface area (Å²) in [4.78, 5) is 25.3. The van der Waals surface area contributed by atoms with Crippen molar-refractivity contribution < 1.29 is 9.59 Å². The Morgan fingerprint density at radius 1 is 1.35 bits per heavy atom. The molecule has 1 saturated heterocycles. The van der Waals surface area contributed by atoms with Gasteiger partial charge in [-0.2, -0.15) is 0 Å². The third-order valence-electron chi connectivity index (χ3n) is 3.74. The van der Waals surface area contributed by atoms with Gasteiger partial charge < -0.3 is 10.6 Å². The van der Waals surface area contributed by atoms with Gasteiger partial charge in [0.05, 0.1) is 5.56 Å². The van der Waals surface area contributed by atoms with Crippen LogP contribution in [0.3, 0.4) is 0 Å². The van der Waals surface area contributed by atoms with E-state index in [1.165, 1.54) is 0 Å². The first-order valence-corrected chi connectivity index (χ1v) is 7.60. The molecule has 1 aliphatic rings. The molecule has 1 fully saturated rings. The molecule has 1 aromatic carbocycles. The monoisotopic (exact) mass is 338 g/mol. The minimum atomic E-state index is -0.254. The Labute approximate surface area is 127 Å². The zero-order chi connectivity index (χ0) is 14.7. The lowest BCUT2D eigenvalue weighted by Crippen LogP contribution is -2.39. The van der Waals surface area contributed by atoms with E-state index in [1.807, 2.05) is 30.0 Å². The summed E-state index contributed by atoms with van der Waals surface area (Å²) in [5.41, 5.74) is 7.00. The number of primary amides is 1. The van der Waals surface area contributed by atoms with Gasteiger partial charge in [-0.25, -0.2) is 0 Å². The minimum Gasteiger partial charge on any atom is -0.370 e. The SMILES string of the molecule is Cc1ccc(Br)c(C(=O)N2CCC(CC(N)=O)CC2)c1. The van der Waals surface area contributed by atoms with Crippen molar-refractivity contribution in [1.82, 2.24) is 4.90 Å². The number of hydrogen-bond donors (Lipinski definition) is 1. The second-order valence-corrected chi connectivity index (χ2v) is 6.24. The topological polar surface area (TPSA) is 63.4 Å². The van der Waals surface area contributed by atoms with E-state index in [2.05, 4.69) is 15.9 Å². The quantitative estimate of drug-likeness (QED) is 0.920. The Bertz CT molecular complexity index is 523. The lowest BCUT2D eigenvalue weighted by molar-refractivity contribution is -0.119. The average Bonchev–Trinajstić information content (AvgIpc) is 2.41. The van der Waals surface area contributed by atoms with Crippen LogP contribution >= 0.6 is 15.9 Å². The maximum absolute atomic E-state index is 12.5. The van der Waals surface area contributed by atoms with E-state index >= 15 is 0 Å². The maximum Gasteiger partial charge on any atom is 0.255 e. The molecule has 1 aromatic rings. The van der Waals surface area contributed by atoms with Crippen molar-refractivity contribution in [3.05, 3.63) is 33.8 Å². The lowest BCUT2D eigenvalue weighted by atomic mass is 9.93. The number of hydrogen-bond acceptors (Lipinski definition) is 2. The lowest BCUT2D eigenvalue weighted by Gasteiger charge is -2.31. The normalized spacial score (nSPS) is 16.2. The van der Waals surface area contributed by atoms with Gasteiger partial charge in [0.25, 0.3) is 5.91 Å². The molecule has 20 heavy (non-hydrogen) atoms. The number of likely N-dealkylation sites (tertiary alicyclic amines) is 1. The van der Waals surface area contributed by atoms with Crippen LogP contribution in [0.4, 0.5) is 0 Å². The first-order chi connectivity index (χ1) is 9.47. The van der Waals surface area contributed by atoms with Crippen LogP contribution in [0.15, 0.2) is 22.7 Å². The zero-order valence-electron chi connectivity index (χ0n) is 11.6. The van der Waals surface area contributed by atoms with Gasteiger partial charge in [-0.15, -0.1) is 0 Å². The van der Waals surface area contributed by atoms with E-state index in [0.29, 0.717) is 31.0 Å². The summed E-state index contributed by atoms with van der Waals surface area (Å²) < 4.78 is 0.826.